The Balaban J connectivity index is 1.83. The standard InChI is InChI=1S/C4H8N8O2/c13-3-9-5-1(6-10-3)2-7-11-4(14)12-8-2/h1-2,5-8H,(H,9,13)(H,11,14). The highest BCUT2D eigenvalue weighted by atomic mass is 16.2. The van der Waals surface area contributed by atoms with Gasteiger partial charge in [-0.2, -0.15) is 10.9 Å². The van der Waals surface area contributed by atoms with E-state index in [0.717, 1.165) is 0 Å². The molecule has 6 N–H and O–H groups in total. The number of carbonyl (C=O) groups excluding carboxylic acids is 2. The summed E-state index contributed by atoms with van der Waals surface area (Å²) in [6.07, 6.45) is -0.839. The van der Waals surface area contributed by atoms with Crippen LogP contribution in [0.5, 0.6) is 0 Å². The predicted molar refractivity (Wildman–Crippen MR) is 41.5 cm³/mol. The van der Waals surface area contributed by atoms with Gasteiger partial charge in [0.15, 0.2) is 0 Å². The summed E-state index contributed by atoms with van der Waals surface area (Å²) in [5.74, 6) is 0. The molecule has 0 aliphatic carbocycles. The Hall–Kier alpha value is -1.62. The van der Waals surface area contributed by atoms with Gasteiger partial charge in [-0.1, -0.05) is 0 Å². The lowest BCUT2D eigenvalue weighted by Gasteiger charge is -2.33. The summed E-state index contributed by atoms with van der Waals surface area (Å²) in [5.41, 5.74) is 21.7. The van der Waals surface area contributed by atoms with Crippen molar-refractivity contribution in [2.24, 2.45) is 0 Å². The molecule has 2 aliphatic heterocycles. The van der Waals surface area contributed by atoms with Crippen LogP contribution in [0.2, 0.25) is 0 Å². The molecule has 2 rings (SSSR count). The lowest BCUT2D eigenvalue weighted by atomic mass is 10.4. The average molecular weight is 200 g/mol. The Bertz CT molecular complexity index is 210. The molecule has 2 saturated heterocycles. The van der Waals surface area contributed by atoms with Gasteiger partial charge >= 0.3 is 12.1 Å². The van der Waals surface area contributed by atoms with Crippen LogP contribution in [0.15, 0.2) is 0 Å². The molecule has 2 aliphatic rings. The number of amides is 4. The van der Waals surface area contributed by atoms with E-state index in [1.54, 1.807) is 0 Å². The molecule has 10 nitrogen and oxygen atoms in total. The number of hydrazine groups is 2. The Kier molecular flexibility index (Phi) is 2.32. The third-order valence-electron chi connectivity index (χ3n) is 1.61. The third kappa shape index (κ3) is 1.82. The fraction of sp³-hybridized carbons (Fsp3) is 0.500. The van der Waals surface area contributed by atoms with Crippen LogP contribution in [0.4, 0.5) is 9.59 Å². The van der Waals surface area contributed by atoms with Crippen molar-refractivity contribution in [3.8, 4) is 0 Å². The number of rotatable bonds is 1. The van der Waals surface area contributed by atoms with Crippen LogP contribution in [0.25, 0.3) is 0 Å². The van der Waals surface area contributed by atoms with E-state index in [1.807, 2.05) is 0 Å². The van der Waals surface area contributed by atoms with Gasteiger partial charge in [-0.3, -0.25) is 10.9 Å². The zero-order valence-electron chi connectivity index (χ0n) is 6.87. The van der Waals surface area contributed by atoms with Crippen LogP contribution in [-0.2, 0) is 0 Å². The zero-order valence-corrected chi connectivity index (χ0v) is 6.87. The first-order valence-electron chi connectivity index (χ1n) is 3.79. The molecule has 76 valence electrons. The topological polar surface area (TPSA) is 135 Å². The van der Waals surface area contributed by atoms with Crippen LogP contribution in [0.1, 0.15) is 0 Å². The van der Waals surface area contributed by atoms with E-state index in [4.69, 9.17) is 0 Å². The Labute approximate surface area is 78.4 Å². The van der Waals surface area contributed by atoms with Crippen molar-refractivity contribution in [1.29, 1.82) is 0 Å². The van der Waals surface area contributed by atoms with Crippen molar-refractivity contribution < 1.29 is 9.59 Å². The minimum absolute atomic E-state index is 0.419. The molecular weight excluding hydrogens is 192 g/mol. The molecule has 2 radical (unpaired) electrons. The summed E-state index contributed by atoms with van der Waals surface area (Å²) in [4.78, 5) is 21.2. The third-order valence-corrected chi connectivity index (χ3v) is 1.61. The van der Waals surface area contributed by atoms with Gasteiger partial charge in [-0.05, 0) is 0 Å². The highest BCUT2D eigenvalue weighted by Crippen LogP contribution is 1.89. The molecule has 0 spiro atoms. The van der Waals surface area contributed by atoms with Gasteiger partial charge in [0.1, 0.15) is 12.3 Å². The van der Waals surface area contributed by atoms with E-state index in [0.29, 0.717) is 0 Å². The smallest absolute Gasteiger partial charge is 0.269 e. The molecule has 0 aromatic carbocycles. The maximum atomic E-state index is 10.6. The van der Waals surface area contributed by atoms with Crippen LogP contribution >= 0.6 is 0 Å². The molecule has 2 atom stereocenters. The second kappa shape index (κ2) is 3.63. The molecule has 0 aromatic rings. The number of hydrogen-bond acceptors (Lipinski definition) is 6. The summed E-state index contributed by atoms with van der Waals surface area (Å²) in [7, 11) is 0. The van der Waals surface area contributed by atoms with E-state index < -0.39 is 24.4 Å². The maximum Gasteiger partial charge on any atom is 0.367 e. The minimum atomic E-state index is -0.516. The molecule has 10 heteroatoms. The van der Waals surface area contributed by atoms with E-state index >= 15 is 0 Å². The van der Waals surface area contributed by atoms with Crippen molar-refractivity contribution in [2.75, 3.05) is 0 Å². The second-order valence-corrected chi connectivity index (χ2v) is 2.59. The quantitative estimate of drug-likeness (QED) is 0.258. The van der Waals surface area contributed by atoms with Gasteiger partial charge < -0.3 is 0 Å². The SMILES string of the molecule is O=C1[N]NC(C2N[N]C(=O)NN2)NN1. The van der Waals surface area contributed by atoms with E-state index in [2.05, 4.69) is 43.4 Å². The molecule has 2 fully saturated rings. The van der Waals surface area contributed by atoms with Crippen molar-refractivity contribution in [1.82, 2.24) is 43.4 Å². The largest absolute Gasteiger partial charge is 0.367 e. The van der Waals surface area contributed by atoms with Gasteiger partial charge in [-0.15, -0.1) is 10.9 Å². The minimum Gasteiger partial charge on any atom is -0.269 e. The molecule has 14 heavy (non-hydrogen) atoms. The highest BCUT2D eigenvalue weighted by molar-refractivity contribution is 5.73. The highest BCUT2D eigenvalue weighted by Gasteiger charge is 2.29. The molecular formula is C4H8N8O2. The van der Waals surface area contributed by atoms with Gasteiger partial charge in [0.25, 0.3) is 0 Å². The maximum absolute atomic E-state index is 10.6. The number of urea groups is 2. The monoisotopic (exact) mass is 200 g/mol. The summed E-state index contributed by atoms with van der Waals surface area (Å²) in [5, 5.41) is 0. The first-order valence-corrected chi connectivity index (χ1v) is 3.79. The fourth-order valence-electron chi connectivity index (χ4n) is 0.972. The summed E-state index contributed by atoms with van der Waals surface area (Å²) < 4.78 is 0. The van der Waals surface area contributed by atoms with Gasteiger partial charge in [0.2, 0.25) is 0 Å². The molecule has 2 heterocycles. The first kappa shape index (κ1) is 8.96. The fourth-order valence-corrected chi connectivity index (χ4v) is 0.972. The first-order chi connectivity index (χ1) is 6.75. The summed E-state index contributed by atoms with van der Waals surface area (Å²) >= 11 is 0. The molecule has 4 amide bonds. The van der Waals surface area contributed by atoms with Crippen molar-refractivity contribution in [2.45, 2.75) is 12.3 Å². The number of carbonyl (C=O) groups is 2. The number of hydrogen-bond donors (Lipinski definition) is 6. The van der Waals surface area contributed by atoms with Gasteiger partial charge in [-0.25, -0.2) is 20.4 Å². The normalized spacial score (nSPS) is 24.6. The molecule has 0 saturated carbocycles. The van der Waals surface area contributed by atoms with E-state index in [1.165, 1.54) is 0 Å². The lowest BCUT2D eigenvalue weighted by molar-refractivity contribution is 0.145. The lowest BCUT2D eigenvalue weighted by Crippen LogP contribution is -2.76. The number of nitrogens with zero attached hydrogens (tertiary/aromatic N) is 2. The summed E-state index contributed by atoms with van der Waals surface area (Å²) in [6, 6.07) is -1.03. The van der Waals surface area contributed by atoms with E-state index in [-0.39, 0.29) is 0 Å². The van der Waals surface area contributed by atoms with Crippen LogP contribution in [-0.4, -0.2) is 24.4 Å². The van der Waals surface area contributed by atoms with Crippen molar-refractivity contribution in [3.63, 3.8) is 0 Å². The van der Waals surface area contributed by atoms with Crippen LogP contribution < -0.4 is 43.4 Å². The Morgan fingerprint density at radius 1 is 0.857 bits per heavy atom. The zero-order chi connectivity index (χ0) is 9.97. The number of nitrogens with one attached hydrogen (secondary N) is 6. The van der Waals surface area contributed by atoms with Crippen LogP contribution in [0, 0.1) is 0 Å². The van der Waals surface area contributed by atoms with E-state index in [9.17, 15) is 9.59 Å². The molecule has 2 unspecified atom stereocenters. The van der Waals surface area contributed by atoms with Crippen LogP contribution in [0.3, 0.4) is 0 Å². The molecule has 0 aromatic heterocycles. The van der Waals surface area contributed by atoms with Crippen molar-refractivity contribution in [3.05, 3.63) is 0 Å². The second-order valence-electron chi connectivity index (χ2n) is 2.59. The summed E-state index contributed by atoms with van der Waals surface area (Å²) in [6.45, 7) is 0. The van der Waals surface area contributed by atoms with Gasteiger partial charge in [0, 0.05) is 0 Å². The molecule has 0 bridgehead atoms. The van der Waals surface area contributed by atoms with Gasteiger partial charge in [0.05, 0.1) is 0 Å². The average Bonchev–Trinajstić information content (AvgIpc) is 2.21. The predicted octanol–water partition coefficient (Wildman–Crippen LogP) is -3.69. The Morgan fingerprint density at radius 3 is 1.57 bits per heavy atom. The Morgan fingerprint density at radius 2 is 1.29 bits per heavy atom. The van der Waals surface area contributed by atoms with Crippen molar-refractivity contribution >= 4 is 12.1 Å².